The lowest BCUT2D eigenvalue weighted by atomic mass is 10.1. The van der Waals surface area contributed by atoms with Gasteiger partial charge in [-0.25, -0.2) is 0 Å². The molecule has 0 aromatic heterocycles. The van der Waals surface area contributed by atoms with Gasteiger partial charge in [-0.15, -0.1) is 0 Å². The molecule has 0 rings (SSSR count). The van der Waals surface area contributed by atoms with E-state index >= 15 is 0 Å². The van der Waals surface area contributed by atoms with Gasteiger partial charge in [-0.1, -0.05) is 60.0 Å². The van der Waals surface area contributed by atoms with Crippen LogP contribution in [0.2, 0.25) is 0 Å². The van der Waals surface area contributed by atoms with E-state index in [1.165, 1.54) is 82.0 Å². The molecule has 0 saturated heterocycles. The molecule has 0 saturated carbocycles. The summed E-state index contributed by atoms with van der Waals surface area (Å²) in [4.78, 5) is 19.5. The predicted molar refractivity (Wildman–Crippen MR) is 106 cm³/mol. The molecule has 0 fully saturated rings. The molecule has 0 radical (unpaired) electrons. The van der Waals surface area contributed by atoms with E-state index in [9.17, 15) is 14.7 Å². The lowest BCUT2D eigenvalue weighted by molar-refractivity contribution is -0.929. The summed E-state index contributed by atoms with van der Waals surface area (Å²) in [6.45, 7) is 18.0. The molecule has 5 heteroatoms. The van der Waals surface area contributed by atoms with Gasteiger partial charge in [0, 0.05) is 0 Å². The number of aliphatic carboxylic acids is 2. The number of rotatable bonds is 15. The van der Waals surface area contributed by atoms with Crippen LogP contribution in [0.4, 0.5) is 0 Å². The molecule has 26 heavy (non-hydrogen) atoms. The van der Waals surface area contributed by atoms with Crippen LogP contribution in [0.5, 0.6) is 0 Å². The molecule has 0 aromatic carbocycles. The van der Waals surface area contributed by atoms with Crippen molar-refractivity contribution >= 4 is 11.9 Å². The Morgan fingerprint density at radius 3 is 1.27 bits per heavy atom. The van der Waals surface area contributed by atoms with Crippen LogP contribution < -0.4 is 5.11 Å². The van der Waals surface area contributed by atoms with E-state index in [1.54, 1.807) is 0 Å². The molecule has 0 unspecified atom stereocenters. The first-order valence-corrected chi connectivity index (χ1v) is 10.2. The molecule has 0 aliphatic heterocycles. The zero-order valence-corrected chi connectivity index (χ0v) is 17.5. The molecule has 0 atom stereocenters. The number of carbonyl (C=O) groups excluding carboxylic acids is 1. The molecule has 1 N–H and O–H groups in total. The first kappa shape index (κ1) is 26.9. The molecule has 0 heterocycles. The van der Waals surface area contributed by atoms with Gasteiger partial charge in [0.25, 0.3) is 0 Å². The van der Waals surface area contributed by atoms with Gasteiger partial charge in [0.2, 0.25) is 0 Å². The summed E-state index contributed by atoms with van der Waals surface area (Å²) >= 11 is 0. The van der Waals surface area contributed by atoms with E-state index in [4.69, 9.17) is 5.11 Å². The number of carboxylic acid groups (broad SMARTS) is 2. The van der Waals surface area contributed by atoms with Crippen molar-refractivity contribution in [3.05, 3.63) is 12.2 Å². The molecular formula is C21H41NO4. The second-order valence-electron chi connectivity index (χ2n) is 7.11. The van der Waals surface area contributed by atoms with E-state index < -0.39 is 23.9 Å². The fourth-order valence-electron chi connectivity index (χ4n) is 2.90. The standard InChI is InChI=1S/C16H36N.C5H6O4/c1-5-9-13-17(14-10-6-2,15-11-7-3)16-12-8-4;1-3(5(8)9)2-4(6)7/h5-16H2,1-4H3;1-2H2,(H,6,7)(H,8,9)/q+1;/p-1. The minimum absolute atomic E-state index is 0.414. The molecule has 0 spiro atoms. The molecule has 0 aromatic rings. The summed E-state index contributed by atoms with van der Waals surface area (Å²) in [5.41, 5.74) is -0.414. The lowest BCUT2D eigenvalue weighted by Gasteiger charge is -2.39. The Balaban J connectivity index is 0. The first-order chi connectivity index (χ1) is 12.3. The summed E-state index contributed by atoms with van der Waals surface area (Å²) < 4.78 is 1.42. The minimum Gasteiger partial charge on any atom is -0.545 e. The first-order valence-electron chi connectivity index (χ1n) is 10.2. The number of carboxylic acids is 2. The largest absolute Gasteiger partial charge is 0.545 e. The smallest absolute Gasteiger partial charge is 0.307 e. The van der Waals surface area contributed by atoms with E-state index in [0.717, 1.165) is 0 Å². The summed E-state index contributed by atoms with van der Waals surface area (Å²) in [6, 6.07) is 0. The zero-order valence-electron chi connectivity index (χ0n) is 17.5. The van der Waals surface area contributed by atoms with E-state index in [2.05, 4.69) is 34.3 Å². The van der Waals surface area contributed by atoms with E-state index in [-0.39, 0.29) is 0 Å². The molecule has 0 aliphatic carbocycles. The predicted octanol–water partition coefficient (Wildman–Crippen LogP) is 3.77. The zero-order chi connectivity index (χ0) is 20.4. The van der Waals surface area contributed by atoms with E-state index in [1.807, 2.05) is 0 Å². The van der Waals surface area contributed by atoms with Gasteiger partial charge in [-0.3, -0.25) is 4.79 Å². The van der Waals surface area contributed by atoms with Gasteiger partial charge >= 0.3 is 5.97 Å². The molecular weight excluding hydrogens is 330 g/mol. The fourth-order valence-corrected chi connectivity index (χ4v) is 2.90. The van der Waals surface area contributed by atoms with Gasteiger partial charge in [0.1, 0.15) is 0 Å². The van der Waals surface area contributed by atoms with Crippen LogP contribution in [-0.2, 0) is 9.59 Å². The van der Waals surface area contributed by atoms with Crippen LogP contribution >= 0.6 is 0 Å². The van der Waals surface area contributed by atoms with Gasteiger partial charge in [0.15, 0.2) is 0 Å². The third-order valence-electron chi connectivity index (χ3n) is 4.60. The molecule has 5 nitrogen and oxygen atoms in total. The lowest BCUT2D eigenvalue weighted by Crippen LogP contribution is -2.50. The fraction of sp³-hybridized carbons (Fsp3) is 0.810. The van der Waals surface area contributed by atoms with Crippen LogP contribution in [0.15, 0.2) is 12.2 Å². The number of nitrogens with zero attached hydrogens (tertiary/aromatic N) is 1. The average Bonchev–Trinajstić information content (AvgIpc) is 2.60. The molecule has 0 aliphatic rings. The maximum absolute atomic E-state index is 9.76. The Morgan fingerprint density at radius 1 is 0.808 bits per heavy atom. The summed E-state index contributed by atoms with van der Waals surface area (Å²) in [6.07, 6.45) is 10.5. The monoisotopic (exact) mass is 371 g/mol. The van der Waals surface area contributed by atoms with Crippen molar-refractivity contribution in [2.24, 2.45) is 0 Å². The SMILES string of the molecule is C=C(CC(=O)O)C(=O)[O-].CCCC[N+](CCCC)(CCCC)CCCC. The van der Waals surface area contributed by atoms with E-state index in [0.29, 0.717) is 0 Å². The quantitative estimate of drug-likeness (QED) is 0.351. The van der Waals surface area contributed by atoms with Crippen LogP contribution in [0.25, 0.3) is 0 Å². The number of hydrogen-bond acceptors (Lipinski definition) is 3. The normalized spacial score (nSPS) is 10.8. The Labute approximate surface area is 160 Å². The van der Waals surface area contributed by atoms with Crippen molar-refractivity contribution in [2.75, 3.05) is 26.2 Å². The van der Waals surface area contributed by atoms with Crippen LogP contribution in [-0.4, -0.2) is 47.7 Å². The number of hydrogen-bond donors (Lipinski definition) is 1. The number of carbonyl (C=O) groups is 2. The van der Waals surface area contributed by atoms with Crippen molar-refractivity contribution in [3.8, 4) is 0 Å². The molecule has 0 amide bonds. The summed E-state index contributed by atoms with van der Waals surface area (Å²) in [5.74, 6) is -2.73. The average molecular weight is 372 g/mol. The van der Waals surface area contributed by atoms with Crippen molar-refractivity contribution in [1.29, 1.82) is 0 Å². The van der Waals surface area contributed by atoms with Crippen molar-refractivity contribution in [2.45, 2.75) is 85.5 Å². The highest BCUT2D eigenvalue weighted by Crippen LogP contribution is 2.16. The molecule has 154 valence electrons. The van der Waals surface area contributed by atoms with Crippen LogP contribution in [0, 0.1) is 0 Å². The number of unbranched alkanes of at least 4 members (excludes halogenated alkanes) is 4. The van der Waals surface area contributed by atoms with Crippen molar-refractivity contribution in [1.82, 2.24) is 0 Å². The third-order valence-corrected chi connectivity index (χ3v) is 4.60. The Kier molecular flexibility index (Phi) is 17.6. The van der Waals surface area contributed by atoms with Crippen molar-refractivity contribution < 1.29 is 24.3 Å². The Hall–Kier alpha value is -1.36. The maximum atomic E-state index is 9.76. The Morgan fingerprint density at radius 2 is 1.12 bits per heavy atom. The van der Waals surface area contributed by atoms with Gasteiger partial charge in [-0.05, 0) is 31.3 Å². The second kappa shape index (κ2) is 17.1. The Bertz CT molecular complexity index is 356. The summed E-state index contributed by atoms with van der Waals surface area (Å²) in [7, 11) is 0. The third kappa shape index (κ3) is 14.9. The topological polar surface area (TPSA) is 77.4 Å². The maximum Gasteiger partial charge on any atom is 0.307 e. The van der Waals surface area contributed by atoms with Crippen LogP contribution in [0.1, 0.15) is 85.5 Å². The second-order valence-corrected chi connectivity index (χ2v) is 7.11. The van der Waals surface area contributed by atoms with Gasteiger partial charge in [-0.2, -0.15) is 0 Å². The highest BCUT2D eigenvalue weighted by Gasteiger charge is 2.24. The van der Waals surface area contributed by atoms with Crippen molar-refractivity contribution in [3.63, 3.8) is 0 Å². The summed E-state index contributed by atoms with van der Waals surface area (Å²) in [5, 5.41) is 17.7. The molecule has 0 bridgehead atoms. The number of quaternary nitrogens is 1. The minimum atomic E-state index is -1.52. The highest BCUT2D eigenvalue weighted by atomic mass is 16.4. The van der Waals surface area contributed by atoms with Gasteiger partial charge in [0.05, 0.1) is 38.6 Å². The van der Waals surface area contributed by atoms with Crippen LogP contribution in [0.3, 0.4) is 0 Å². The van der Waals surface area contributed by atoms with Gasteiger partial charge < -0.3 is 19.5 Å². The highest BCUT2D eigenvalue weighted by molar-refractivity contribution is 5.89.